The topological polar surface area (TPSA) is 18.5 Å². The van der Waals surface area contributed by atoms with E-state index in [-0.39, 0.29) is 0 Å². The van der Waals surface area contributed by atoms with E-state index in [0.717, 1.165) is 23.7 Å². The summed E-state index contributed by atoms with van der Waals surface area (Å²) >= 11 is 0. The molecule has 4 saturated carbocycles. The maximum Gasteiger partial charge on any atom is 0.0628 e. The molecular weight excluding hydrogens is 284 g/mol. The van der Waals surface area contributed by atoms with Gasteiger partial charge in [-0.3, -0.25) is 0 Å². The minimum absolute atomic E-state index is 0.342. The van der Waals surface area contributed by atoms with Crippen LogP contribution in [0, 0.1) is 34.5 Å². The van der Waals surface area contributed by atoms with Gasteiger partial charge in [-0.1, -0.05) is 26.7 Å². The zero-order valence-electron chi connectivity index (χ0n) is 15.6. The van der Waals surface area contributed by atoms with Crippen LogP contribution in [0.3, 0.4) is 0 Å². The Balaban J connectivity index is 1.70. The summed E-state index contributed by atoms with van der Waals surface area (Å²) in [6, 6.07) is 0. The summed E-state index contributed by atoms with van der Waals surface area (Å²) in [6.07, 6.45) is 13.5. The number of fused-ring (bicyclic) bond motifs is 5. The lowest BCUT2D eigenvalue weighted by Gasteiger charge is -2.62. The predicted molar refractivity (Wildman–Crippen MR) is 93.3 cm³/mol. The van der Waals surface area contributed by atoms with Crippen LogP contribution in [0.4, 0.5) is 0 Å². The second kappa shape index (κ2) is 5.73. The molecule has 2 heteroatoms. The van der Waals surface area contributed by atoms with Crippen molar-refractivity contribution < 1.29 is 9.47 Å². The van der Waals surface area contributed by atoms with Gasteiger partial charge in [-0.25, -0.2) is 0 Å². The molecule has 8 atom stereocenters. The summed E-state index contributed by atoms with van der Waals surface area (Å²) in [5.41, 5.74) is 0.878. The predicted octanol–water partition coefficient (Wildman–Crippen LogP) is 5.06. The van der Waals surface area contributed by atoms with E-state index in [1.165, 1.54) is 57.8 Å². The van der Waals surface area contributed by atoms with Crippen LogP contribution in [0.2, 0.25) is 0 Å². The van der Waals surface area contributed by atoms with Gasteiger partial charge in [-0.05, 0) is 79.4 Å². The van der Waals surface area contributed by atoms with Crippen LogP contribution < -0.4 is 0 Å². The summed E-state index contributed by atoms with van der Waals surface area (Å²) in [6.45, 7) is 5.14. The molecule has 0 radical (unpaired) electrons. The monoisotopic (exact) mass is 320 g/mol. The number of hydrogen-bond donors (Lipinski definition) is 0. The van der Waals surface area contributed by atoms with Crippen molar-refractivity contribution >= 4 is 0 Å². The van der Waals surface area contributed by atoms with Gasteiger partial charge in [0.05, 0.1) is 12.2 Å². The van der Waals surface area contributed by atoms with Crippen molar-refractivity contribution in [3.8, 4) is 0 Å². The van der Waals surface area contributed by atoms with Gasteiger partial charge in [0.15, 0.2) is 0 Å². The van der Waals surface area contributed by atoms with Crippen molar-refractivity contribution in [2.45, 2.75) is 83.8 Å². The number of hydrogen-bond acceptors (Lipinski definition) is 2. The quantitative estimate of drug-likeness (QED) is 0.708. The van der Waals surface area contributed by atoms with E-state index in [2.05, 4.69) is 13.8 Å². The number of ether oxygens (including phenoxy) is 2. The van der Waals surface area contributed by atoms with E-state index < -0.39 is 0 Å². The molecule has 0 bridgehead atoms. The molecule has 0 aromatic heterocycles. The molecule has 0 heterocycles. The van der Waals surface area contributed by atoms with Gasteiger partial charge in [0.25, 0.3) is 0 Å². The van der Waals surface area contributed by atoms with Gasteiger partial charge in [0, 0.05) is 14.2 Å². The fourth-order valence-corrected chi connectivity index (χ4v) is 7.95. The highest BCUT2D eigenvalue weighted by Gasteiger charge is 2.63. The lowest BCUT2D eigenvalue weighted by atomic mass is 9.44. The molecule has 0 amide bonds. The Kier molecular flexibility index (Phi) is 4.08. The third kappa shape index (κ3) is 2.20. The third-order valence-corrected chi connectivity index (χ3v) is 8.99. The summed E-state index contributed by atoms with van der Waals surface area (Å²) < 4.78 is 12.1. The van der Waals surface area contributed by atoms with Crippen LogP contribution in [-0.4, -0.2) is 26.4 Å². The van der Waals surface area contributed by atoms with Gasteiger partial charge in [-0.15, -0.1) is 0 Å². The lowest BCUT2D eigenvalue weighted by molar-refractivity contribution is -0.186. The fourth-order valence-electron chi connectivity index (χ4n) is 7.95. The molecule has 8 unspecified atom stereocenters. The molecule has 0 aliphatic heterocycles. The van der Waals surface area contributed by atoms with Gasteiger partial charge in [-0.2, -0.15) is 0 Å². The second-order valence-electron chi connectivity index (χ2n) is 9.61. The van der Waals surface area contributed by atoms with Gasteiger partial charge in [0.1, 0.15) is 0 Å². The largest absolute Gasteiger partial charge is 0.381 e. The normalized spacial score (nSPS) is 55.8. The Morgan fingerprint density at radius 2 is 1.65 bits per heavy atom. The molecule has 0 N–H and O–H groups in total. The van der Waals surface area contributed by atoms with Crippen molar-refractivity contribution in [3.63, 3.8) is 0 Å². The molecule has 0 saturated heterocycles. The van der Waals surface area contributed by atoms with Crippen LogP contribution in [0.1, 0.15) is 71.6 Å². The molecule has 4 fully saturated rings. The highest BCUT2D eigenvalue weighted by atomic mass is 16.5. The van der Waals surface area contributed by atoms with Crippen molar-refractivity contribution in [1.82, 2.24) is 0 Å². The molecule has 4 rings (SSSR count). The maximum atomic E-state index is 6.19. The fraction of sp³-hybridized carbons (Fsp3) is 1.00. The number of rotatable bonds is 2. The standard InChI is InChI=1S/C21H36O2/c1-20-12-6-5-7-14(20)8-9-15-16-10-11-18(23-4)21(16,2)13-17(22-3)19(15)20/h14-19H,5-13H2,1-4H3. The molecular formula is C21H36O2. The minimum atomic E-state index is 0.342. The summed E-state index contributed by atoms with van der Waals surface area (Å²) in [5, 5.41) is 0. The van der Waals surface area contributed by atoms with E-state index in [1.807, 2.05) is 14.2 Å². The molecule has 0 aromatic carbocycles. The third-order valence-electron chi connectivity index (χ3n) is 8.99. The zero-order chi connectivity index (χ0) is 16.2. The number of methoxy groups -OCH3 is 2. The Morgan fingerprint density at radius 3 is 2.39 bits per heavy atom. The average Bonchev–Trinajstić information content (AvgIpc) is 2.89. The smallest absolute Gasteiger partial charge is 0.0628 e. The maximum absolute atomic E-state index is 6.19. The van der Waals surface area contributed by atoms with E-state index >= 15 is 0 Å². The lowest BCUT2D eigenvalue weighted by Crippen LogP contribution is -2.59. The summed E-state index contributed by atoms with van der Waals surface area (Å²) in [5.74, 6) is 3.49. The molecule has 4 aliphatic carbocycles. The van der Waals surface area contributed by atoms with Gasteiger partial charge < -0.3 is 9.47 Å². The molecule has 0 spiro atoms. The van der Waals surface area contributed by atoms with E-state index in [1.54, 1.807) is 0 Å². The Morgan fingerprint density at radius 1 is 0.826 bits per heavy atom. The van der Waals surface area contributed by atoms with Crippen molar-refractivity contribution in [2.24, 2.45) is 34.5 Å². The molecule has 132 valence electrons. The van der Waals surface area contributed by atoms with Crippen LogP contribution in [0.15, 0.2) is 0 Å². The van der Waals surface area contributed by atoms with Crippen molar-refractivity contribution in [3.05, 3.63) is 0 Å². The van der Waals surface area contributed by atoms with Crippen LogP contribution >= 0.6 is 0 Å². The second-order valence-corrected chi connectivity index (χ2v) is 9.61. The first-order chi connectivity index (χ1) is 11.0. The Bertz CT molecular complexity index is 449. The van der Waals surface area contributed by atoms with Gasteiger partial charge in [0.2, 0.25) is 0 Å². The van der Waals surface area contributed by atoms with E-state index in [9.17, 15) is 0 Å². The minimum Gasteiger partial charge on any atom is -0.381 e. The van der Waals surface area contributed by atoms with Crippen molar-refractivity contribution in [2.75, 3.05) is 14.2 Å². The molecule has 4 aliphatic rings. The molecule has 23 heavy (non-hydrogen) atoms. The van der Waals surface area contributed by atoms with Gasteiger partial charge >= 0.3 is 0 Å². The average molecular weight is 321 g/mol. The highest BCUT2D eigenvalue weighted by Crippen LogP contribution is 2.66. The first-order valence-corrected chi connectivity index (χ1v) is 10.1. The van der Waals surface area contributed by atoms with E-state index in [0.29, 0.717) is 23.0 Å². The van der Waals surface area contributed by atoms with Crippen LogP contribution in [0.5, 0.6) is 0 Å². The molecule has 0 aromatic rings. The summed E-state index contributed by atoms with van der Waals surface area (Å²) in [7, 11) is 3.89. The summed E-state index contributed by atoms with van der Waals surface area (Å²) in [4.78, 5) is 0. The van der Waals surface area contributed by atoms with E-state index in [4.69, 9.17) is 9.47 Å². The molecule has 2 nitrogen and oxygen atoms in total. The van der Waals surface area contributed by atoms with Crippen LogP contribution in [-0.2, 0) is 9.47 Å². The Hall–Kier alpha value is -0.0800. The first-order valence-electron chi connectivity index (χ1n) is 10.1. The highest BCUT2D eigenvalue weighted by molar-refractivity contribution is 5.12. The zero-order valence-corrected chi connectivity index (χ0v) is 15.6. The SMILES string of the molecule is COC1CC2(C)C(OC)CCC2C2CCC3CCCCC3(C)C12. The Labute approximate surface area is 142 Å². The van der Waals surface area contributed by atoms with Crippen LogP contribution in [0.25, 0.3) is 0 Å². The first kappa shape index (κ1) is 16.4. The van der Waals surface area contributed by atoms with Crippen molar-refractivity contribution in [1.29, 1.82) is 0 Å².